The number of ether oxygens (including phenoxy) is 2. The van der Waals surface area contributed by atoms with Crippen molar-refractivity contribution in [2.24, 2.45) is 28.7 Å². The molecule has 0 radical (unpaired) electrons. The highest BCUT2D eigenvalue weighted by Crippen LogP contribution is 2.31. The number of ketones is 1. The Kier molecular flexibility index (Phi) is 20.4. The molecule has 55 heavy (non-hydrogen) atoms. The van der Waals surface area contributed by atoms with Gasteiger partial charge in [0.25, 0.3) is 0 Å². The van der Waals surface area contributed by atoms with Gasteiger partial charge < -0.3 is 34.4 Å². The number of carbonyl (C=O) groups excluding carboxylic acids is 4. The van der Waals surface area contributed by atoms with E-state index in [0.29, 0.717) is 31.9 Å². The Morgan fingerprint density at radius 2 is 1.56 bits per heavy atom. The second-order valence-electron chi connectivity index (χ2n) is 16.2. The molecule has 0 spiro atoms. The van der Waals surface area contributed by atoms with Crippen LogP contribution in [0.1, 0.15) is 92.1 Å². The lowest BCUT2D eigenvalue weighted by Gasteiger charge is -2.40. The highest BCUT2D eigenvalue weighted by molar-refractivity contribution is 5.89. The van der Waals surface area contributed by atoms with E-state index in [4.69, 9.17) is 14.5 Å². The van der Waals surface area contributed by atoms with Crippen LogP contribution in [-0.4, -0.2) is 142 Å². The summed E-state index contributed by atoms with van der Waals surface area (Å²) in [6.07, 6.45) is 3.63. The standard InChI is InChI=1S/C43H74N6O6/c1-14-16-24-44-41(52)33(26-32-21-18-17-19-22-32)27-35(50)31(6)40(55-13)34-23-20-25-49(34)37(51)28-36(54-12)39(30(5)15-2)48(11)42(53)38(29(3)4)45-43(46(7)8)47(9)10/h17-19,21-22,29-31,33-34,36,38-40H,14-16,20,23-28H2,1-13H3,(H,44,52)/t30-,31-,33+,34-,36+,38-,39-,40+/m0/s1. The first-order valence-electron chi connectivity index (χ1n) is 20.4. The van der Waals surface area contributed by atoms with Crippen molar-refractivity contribution in [1.82, 2.24) is 24.9 Å². The molecule has 3 amide bonds. The van der Waals surface area contributed by atoms with Crippen molar-refractivity contribution in [3.05, 3.63) is 35.9 Å². The molecule has 12 heteroatoms. The normalized spacial score (nSPS) is 18.1. The van der Waals surface area contributed by atoms with E-state index in [0.717, 1.165) is 31.2 Å². The third kappa shape index (κ3) is 13.6. The maximum Gasteiger partial charge on any atom is 0.247 e. The van der Waals surface area contributed by atoms with Crippen LogP contribution in [0.3, 0.4) is 0 Å². The SMILES string of the molecule is CCCCNC(=O)[C@@H](CC(=O)[C@H](C)[C@@H](OC)[C@@H]1CCCN1C(=O)C[C@@H](OC)[C@H]([C@@H](C)CC)N(C)C(=O)[C@@H](N=C(N(C)C)N(C)C)C(C)C)Cc1ccccc1. The summed E-state index contributed by atoms with van der Waals surface area (Å²) in [5.41, 5.74) is 1.00. The molecule has 1 heterocycles. The van der Waals surface area contributed by atoms with Gasteiger partial charge in [0.15, 0.2) is 5.96 Å². The minimum Gasteiger partial charge on any atom is -0.379 e. The van der Waals surface area contributed by atoms with Gasteiger partial charge in [-0.05, 0) is 43.1 Å². The van der Waals surface area contributed by atoms with Gasteiger partial charge in [0.2, 0.25) is 17.7 Å². The molecule has 1 aromatic carbocycles. The third-order valence-electron chi connectivity index (χ3n) is 11.3. The number of benzene rings is 1. The molecular weight excluding hydrogens is 697 g/mol. The van der Waals surface area contributed by atoms with Crippen LogP contribution in [0.5, 0.6) is 0 Å². The number of hydrogen-bond acceptors (Lipinski definition) is 7. The number of unbranched alkanes of at least 4 members (excludes halogenated alkanes) is 1. The zero-order valence-corrected chi connectivity index (χ0v) is 36.3. The second kappa shape index (κ2) is 23.5. The van der Waals surface area contributed by atoms with Crippen molar-refractivity contribution in [3.8, 4) is 0 Å². The smallest absolute Gasteiger partial charge is 0.247 e. The number of aliphatic imine (C=N–C) groups is 1. The first-order chi connectivity index (χ1) is 26.0. The second-order valence-corrected chi connectivity index (χ2v) is 16.2. The molecule has 12 nitrogen and oxygen atoms in total. The number of hydrogen-bond donors (Lipinski definition) is 1. The van der Waals surface area contributed by atoms with E-state index in [9.17, 15) is 19.2 Å². The number of carbonyl (C=O) groups is 4. The highest BCUT2D eigenvalue weighted by Gasteiger charge is 2.43. The number of likely N-dealkylation sites (N-methyl/N-ethyl adjacent to an activating group) is 1. The van der Waals surface area contributed by atoms with Gasteiger partial charge in [-0.3, -0.25) is 19.2 Å². The lowest BCUT2D eigenvalue weighted by Crippen LogP contribution is -2.55. The molecule has 8 atom stereocenters. The van der Waals surface area contributed by atoms with Crippen LogP contribution < -0.4 is 5.32 Å². The molecule has 1 N–H and O–H groups in total. The van der Waals surface area contributed by atoms with Crippen LogP contribution >= 0.6 is 0 Å². The first kappa shape index (κ1) is 47.6. The monoisotopic (exact) mass is 771 g/mol. The van der Waals surface area contributed by atoms with Gasteiger partial charge in [-0.25, -0.2) is 4.99 Å². The molecule has 1 saturated heterocycles. The Balaban J connectivity index is 2.31. The fourth-order valence-corrected chi connectivity index (χ4v) is 7.91. The van der Waals surface area contributed by atoms with Crippen LogP contribution in [0, 0.1) is 23.7 Å². The molecule has 0 aliphatic carbocycles. The molecule has 1 aliphatic heterocycles. The summed E-state index contributed by atoms with van der Waals surface area (Å²) < 4.78 is 12.1. The predicted octanol–water partition coefficient (Wildman–Crippen LogP) is 5.14. The summed E-state index contributed by atoms with van der Waals surface area (Å²) in [4.78, 5) is 68.2. The van der Waals surface area contributed by atoms with Gasteiger partial charge in [0.1, 0.15) is 11.8 Å². The van der Waals surface area contributed by atoms with Crippen LogP contribution in [0.25, 0.3) is 0 Å². The number of likely N-dealkylation sites (tertiary alicyclic amines) is 1. The Labute approximate surface area is 332 Å². The van der Waals surface area contributed by atoms with Gasteiger partial charge in [0, 0.05) is 80.8 Å². The van der Waals surface area contributed by atoms with E-state index in [1.807, 2.05) is 94.0 Å². The summed E-state index contributed by atoms with van der Waals surface area (Å²) in [7, 11) is 12.6. The molecule has 1 aliphatic rings. The average Bonchev–Trinajstić information content (AvgIpc) is 3.64. The zero-order chi connectivity index (χ0) is 41.4. The largest absolute Gasteiger partial charge is 0.379 e. The number of methoxy groups -OCH3 is 2. The van der Waals surface area contributed by atoms with Crippen molar-refractivity contribution in [2.75, 3.05) is 62.5 Å². The number of Topliss-reactive ketones (excluding diaryl/α,β-unsaturated/α-hetero) is 1. The molecule has 1 fully saturated rings. The van der Waals surface area contributed by atoms with Crippen LogP contribution in [-0.2, 0) is 35.1 Å². The Hall–Kier alpha value is -3.51. The summed E-state index contributed by atoms with van der Waals surface area (Å²) in [5.74, 6) is -0.761. The predicted molar refractivity (Wildman–Crippen MR) is 221 cm³/mol. The van der Waals surface area contributed by atoms with Crippen molar-refractivity contribution in [3.63, 3.8) is 0 Å². The Morgan fingerprint density at radius 1 is 0.927 bits per heavy atom. The van der Waals surface area contributed by atoms with E-state index in [2.05, 4.69) is 26.1 Å². The average molecular weight is 771 g/mol. The number of nitrogens with zero attached hydrogens (tertiary/aromatic N) is 5. The number of rotatable bonds is 22. The van der Waals surface area contributed by atoms with E-state index >= 15 is 0 Å². The van der Waals surface area contributed by atoms with E-state index in [-0.39, 0.29) is 60.3 Å². The molecule has 0 unspecified atom stereocenters. The molecule has 312 valence electrons. The first-order valence-corrected chi connectivity index (χ1v) is 20.4. The summed E-state index contributed by atoms with van der Waals surface area (Å²) in [5, 5.41) is 3.03. The van der Waals surface area contributed by atoms with Crippen LogP contribution in [0.4, 0.5) is 0 Å². The van der Waals surface area contributed by atoms with Crippen LogP contribution in [0.15, 0.2) is 35.3 Å². The maximum absolute atomic E-state index is 14.3. The summed E-state index contributed by atoms with van der Waals surface area (Å²) >= 11 is 0. The molecular formula is C43H74N6O6. The topological polar surface area (TPSA) is 124 Å². The third-order valence-corrected chi connectivity index (χ3v) is 11.3. The van der Waals surface area contributed by atoms with Gasteiger partial charge in [-0.1, -0.05) is 84.7 Å². The van der Waals surface area contributed by atoms with Crippen molar-refractivity contribution in [1.29, 1.82) is 0 Å². The number of guanidine groups is 1. The van der Waals surface area contributed by atoms with Gasteiger partial charge in [0.05, 0.1) is 30.7 Å². The van der Waals surface area contributed by atoms with Crippen molar-refractivity contribution in [2.45, 2.75) is 123 Å². The molecule has 0 saturated carbocycles. The van der Waals surface area contributed by atoms with Gasteiger partial charge >= 0.3 is 0 Å². The fourth-order valence-electron chi connectivity index (χ4n) is 7.91. The van der Waals surface area contributed by atoms with E-state index in [1.165, 1.54) is 0 Å². The highest BCUT2D eigenvalue weighted by atomic mass is 16.5. The maximum atomic E-state index is 14.3. The Bertz CT molecular complexity index is 1360. The van der Waals surface area contributed by atoms with Crippen LogP contribution in [0.2, 0.25) is 0 Å². The van der Waals surface area contributed by atoms with Gasteiger partial charge in [-0.15, -0.1) is 0 Å². The lowest BCUT2D eigenvalue weighted by molar-refractivity contribution is -0.146. The Morgan fingerprint density at radius 3 is 2.09 bits per heavy atom. The van der Waals surface area contributed by atoms with Crippen molar-refractivity contribution >= 4 is 29.5 Å². The minimum absolute atomic E-state index is 0.0346. The molecule has 0 bridgehead atoms. The van der Waals surface area contributed by atoms with Gasteiger partial charge in [-0.2, -0.15) is 0 Å². The molecule has 1 aromatic rings. The molecule has 2 rings (SSSR count). The quantitative estimate of drug-likeness (QED) is 0.0977. The number of amides is 3. The fraction of sp³-hybridized carbons (Fsp3) is 0.744. The number of nitrogens with one attached hydrogen (secondary N) is 1. The summed E-state index contributed by atoms with van der Waals surface area (Å²) in [6, 6.07) is 8.48. The summed E-state index contributed by atoms with van der Waals surface area (Å²) in [6.45, 7) is 13.2. The van der Waals surface area contributed by atoms with E-state index in [1.54, 1.807) is 26.2 Å². The zero-order valence-electron chi connectivity index (χ0n) is 36.3. The van der Waals surface area contributed by atoms with Crippen molar-refractivity contribution < 1.29 is 28.7 Å². The van der Waals surface area contributed by atoms with E-state index < -0.39 is 30.1 Å². The lowest BCUT2D eigenvalue weighted by atomic mass is 9.85. The molecule has 0 aromatic heterocycles. The minimum atomic E-state index is -0.622.